The molecule has 0 radical (unpaired) electrons. The summed E-state index contributed by atoms with van der Waals surface area (Å²) in [5, 5.41) is 1.31. The average Bonchev–Trinajstić information content (AvgIpc) is 3.98. The minimum atomic E-state index is -4.44. The fourth-order valence-corrected chi connectivity index (χ4v) is 124. The van der Waals surface area contributed by atoms with Crippen LogP contribution in [0.2, 0.25) is 37.5 Å². The van der Waals surface area contributed by atoms with E-state index in [-0.39, 0.29) is 15.8 Å². The molecule has 16 rings (SSSR count). The number of benzene rings is 2. The first-order chi connectivity index (χ1) is 22.9. The van der Waals surface area contributed by atoms with Crippen LogP contribution in [0, 0.1) is 23.7 Å². The van der Waals surface area contributed by atoms with E-state index in [4.69, 9.17) is 0 Å². The van der Waals surface area contributed by atoms with Crippen LogP contribution in [-0.4, -0.2) is 33.5 Å². The molecule has 2 aromatic rings. The second kappa shape index (κ2) is 4.73. The van der Waals surface area contributed by atoms with Crippen LogP contribution in [0.3, 0.4) is 0 Å². The Labute approximate surface area is 290 Å². The molecule has 10 saturated heterocycles. The normalized spacial score (nSPS) is 66.7. The molecule has 2 aromatic carbocycles. The monoisotopic (exact) mass is 732 g/mol. The van der Waals surface area contributed by atoms with Gasteiger partial charge in [-0.3, -0.25) is 0 Å². The summed E-state index contributed by atoms with van der Waals surface area (Å²) in [4.78, 5) is 7.43. The fraction of sp³-hybridized carbons (Fsp3) is 0.739. The SMILES string of the molecule is CC(C)(C)P(C[C]12[C]3(CP(C(C)(C)C)C(C)(C)C)[CH]4[C]5(c6ccccc6)[C]1(c1ccccc1)[Fe]43521678[CH]2[CH]1[CH]6[CH]7[CH]28)C1C2CC3CC(C2)CC1C3. The molecule has 264 valence electrons. The summed E-state index contributed by atoms with van der Waals surface area (Å²) in [5.74, 6) is 4.32. The first-order valence-corrected chi connectivity index (χ1v) is 29.9. The zero-order valence-corrected chi connectivity index (χ0v) is 34.7. The summed E-state index contributed by atoms with van der Waals surface area (Å²) in [7, 11) is -0.140. The van der Waals surface area contributed by atoms with Crippen molar-refractivity contribution in [2.24, 2.45) is 23.7 Å². The van der Waals surface area contributed by atoms with E-state index in [1.807, 2.05) is 11.1 Å². The van der Waals surface area contributed by atoms with Crippen molar-refractivity contribution in [1.82, 2.24) is 0 Å². The van der Waals surface area contributed by atoms with Crippen LogP contribution in [0.25, 0.3) is 0 Å². The van der Waals surface area contributed by atoms with Crippen LogP contribution in [0.1, 0.15) is 106 Å². The quantitative estimate of drug-likeness (QED) is 0.196. The molecule has 0 aromatic heterocycles. The Kier molecular flexibility index (Phi) is 2.73. The van der Waals surface area contributed by atoms with Crippen LogP contribution in [0.15, 0.2) is 60.7 Å². The van der Waals surface area contributed by atoms with Gasteiger partial charge in [0.1, 0.15) is 0 Å². The molecule has 4 saturated carbocycles. The van der Waals surface area contributed by atoms with E-state index in [1.165, 1.54) is 28.9 Å². The summed E-state index contributed by atoms with van der Waals surface area (Å²) in [6.07, 6.45) is 11.5. The molecule has 4 bridgehead atoms. The topological polar surface area (TPSA) is 0 Å². The molecule has 0 nitrogen and oxygen atoms in total. The molecule has 6 unspecified atom stereocenters. The van der Waals surface area contributed by atoms with E-state index >= 15 is 0 Å². The zero-order valence-electron chi connectivity index (χ0n) is 31.8. The van der Waals surface area contributed by atoms with Crippen LogP contribution >= 0.6 is 15.8 Å². The van der Waals surface area contributed by atoms with Gasteiger partial charge in [-0.1, -0.05) is 0 Å². The number of fused-ring (bicyclic) bond motifs is 10. The Morgan fingerprint density at radius 2 is 1.06 bits per heavy atom. The minimum absolute atomic E-state index is 0.0420. The van der Waals surface area contributed by atoms with Crippen molar-refractivity contribution in [2.75, 3.05) is 12.3 Å². The molecule has 10 heterocycles. The van der Waals surface area contributed by atoms with Crippen molar-refractivity contribution in [1.29, 1.82) is 0 Å². The maximum atomic E-state index is 2.78. The van der Waals surface area contributed by atoms with E-state index in [1.54, 1.807) is 44.4 Å². The molecule has 0 N–H and O–H groups in total. The third kappa shape index (κ3) is 0.854. The first-order valence-electron chi connectivity index (χ1n) is 20.8. The van der Waals surface area contributed by atoms with Gasteiger partial charge in [0.05, 0.1) is 0 Å². The van der Waals surface area contributed by atoms with Crippen molar-refractivity contribution in [3.05, 3.63) is 71.8 Å². The molecule has 0 amide bonds. The summed E-state index contributed by atoms with van der Waals surface area (Å²) < 4.78 is 2.77. The predicted molar refractivity (Wildman–Crippen MR) is 208 cm³/mol. The predicted octanol–water partition coefficient (Wildman–Crippen LogP) is 13.5. The third-order valence-electron chi connectivity index (χ3n) is 26.0. The first kappa shape index (κ1) is 28.3. The van der Waals surface area contributed by atoms with Crippen molar-refractivity contribution in [2.45, 2.75) is 162 Å². The van der Waals surface area contributed by atoms with Crippen molar-refractivity contribution in [3.63, 3.8) is 0 Å². The second-order valence-electron chi connectivity index (χ2n) is 25.6. The Morgan fingerprint density at radius 1 is 0.592 bits per heavy atom. The van der Waals surface area contributed by atoms with Crippen LogP contribution in [-0.2, 0) is 15.1 Å². The van der Waals surface area contributed by atoms with Crippen molar-refractivity contribution < 1.29 is 6.51 Å². The molecule has 4 aliphatic carbocycles. The number of rotatable bonds is 7. The molecular weight excluding hydrogens is 670 g/mol. The third-order valence-corrected chi connectivity index (χ3v) is 79.5. The van der Waals surface area contributed by atoms with Crippen LogP contribution < -0.4 is 0 Å². The summed E-state index contributed by atoms with van der Waals surface area (Å²) in [6.45, 7) is 20.0. The Hall–Kier alpha value is -0.181. The van der Waals surface area contributed by atoms with Gasteiger partial charge in [-0.25, -0.2) is 0 Å². The van der Waals surface area contributed by atoms with Gasteiger partial charge in [-0.05, 0) is 0 Å². The maximum absolute atomic E-state index is 4.44. The van der Waals surface area contributed by atoms with Gasteiger partial charge in [-0.2, -0.15) is 0 Å². The summed E-state index contributed by atoms with van der Waals surface area (Å²) in [6, 6.07) is 25.7. The summed E-state index contributed by atoms with van der Waals surface area (Å²) in [5.41, 5.74) is 4.91. The molecular formula is C46H62FeP2. The standard InChI is InChI=1S/C41H57P2.C5H5.Fe/c1-39(2,3)42(38-32-21-28-20-29(23-32)24-33(38)22-28)27-36-34(26-43(40(4,5)6)41(7,8)9)25-35(30-16-12-10-13-17-30)37(36)31-18-14-11-15-19-31;1-2-4-5-3-1;/h10-19,25,28-29,32-33,38H,20-24,26-27H2,1-9H3;1-5H;. The molecule has 10 aliphatic heterocycles. The average molecular weight is 733 g/mol. The van der Waals surface area contributed by atoms with E-state index in [0.29, 0.717) is 24.1 Å². The van der Waals surface area contributed by atoms with E-state index in [9.17, 15) is 0 Å². The fourth-order valence-electron chi connectivity index (χ4n) is 29.3. The number of hydrogen-bond donors (Lipinski definition) is 0. The Morgan fingerprint density at radius 3 is 1.49 bits per heavy atom. The molecule has 1 spiro atoms. The van der Waals surface area contributed by atoms with Gasteiger partial charge >= 0.3 is 292 Å². The molecule has 14 aliphatic rings. The summed E-state index contributed by atoms with van der Waals surface area (Å²) >= 11 is 0. The van der Waals surface area contributed by atoms with Crippen LogP contribution in [0.4, 0.5) is 0 Å². The van der Waals surface area contributed by atoms with Gasteiger partial charge in [0.2, 0.25) is 0 Å². The molecule has 49 heavy (non-hydrogen) atoms. The van der Waals surface area contributed by atoms with Gasteiger partial charge in [0.25, 0.3) is 0 Å². The Bertz CT molecular complexity index is 2280. The number of hydrogen-bond acceptors (Lipinski definition) is 0. The van der Waals surface area contributed by atoms with Crippen molar-refractivity contribution in [3.8, 4) is 0 Å². The van der Waals surface area contributed by atoms with Gasteiger partial charge < -0.3 is 0 Å². The van der Waals surface area contributed by atoms with Gasteiger partial charge in [0.15, 0.2) is 0 Å². The van der Waals surface area contributed by atoms with Crippen LogP contribution in [0.5, 0.6) is 0 Å². The molecule has 14 fully saturated rings. The van der Waals surface area contributed by atoms with E-state index in [2.05, 4.69) is 123 Å². The van der Waals surface area contributed by atoms with E-state index < -0.39 is 6.51 Å². The molecule has 3 heteroatoms. The second-order valence-corrected chi connectivity index (χ2v) is 55.4. The van der Waals surface area contributed by atoms with Crippen molar-refractivity contribution >= 4 is 15.8 Å². The van der Waals surface area contributed by atoms with Gasteiger partial charge in [0, 0.05) is 0 Å². The molecule has 6 atom stereocenters. The zero-order chi connectivity index (χ0) is 33.5. The van der Waals surface area contributed by atoms with Gasteiger partial charge in [-0.15, -0.1) is 0 Å². The Balaban J connectivity index is 1.04. The van der Waals surface area contributed by atoms with E-state index in [0.717, 1.165) is 38.0 Å².